The maximum Gasteiger partial charge on any atom is 0.0659 e. The van der Waals surface area contributed by atoms with E-state index in [1.807, 2.05) is 29.1 Å². The maximum atomic E-state index is 4.14. The highest BCUT2D eigenvalue weighted by molar-refractivity contribution is 9.10. The van der Waals surface area contributed by atoms with Crippen molar-refractivity contribution in [2.24, 2.45) is 0 Å². The first-order valence-corrected chi connectivity index (χ1v) is 4.86. The molecule has 0 unspecified atom stereocenters. The van der Waals surface area contributed by atoms with Crippen LogP contribution in [-0.2, 0) is 6.54 Å². The van der Waals surface area contributed by atoms with E-state index in [0.717, 1.165) is 11.0 Å². The molecule has 1 heterocycles. The van der Waals surface area contributed by atoms with Crippen LogP contribution in [-0.4, -0.2) is 9.78 Å². The Morgan fingerprint density at radius 1 is 1.31 bits per heavy atom. The number of aromatic nitrogens is 2. The van der Waals surface area contributed by atoms with E-state index in [1.54, 1.807) is 6.20 Å². The molecule has 3 heteroatoms. The van der Waals surface area contributed by atoms with Crippen molar-refractivity contribution in [1.82, 2.24) is 9.78 Å². The number of rotatable bonds is 2. The summed E-state index contributed by atoms with van der Waals surface area (Å²) in [6.07, 6.45) is 3.75. The molecule has 0 aliphatic carbocycles. The third-order valence-electron chi connectivity index (χ3n) is 1.79. The summed E-state index contributed by atoms with van der Waals surface area (Å²) in [6.45, 7) is 0.826. The quantitative estimate of drug-likeness (QED) is 0.785. The first kappa shape index (κ1) is 8.51. The first-order chi connectivity index (χ1) is 6.34. The SMILES string of the molecule is Brc1cccc(Cn2cccn2)c1. The summed E-state index contributed by atoms with van der Waals surface area (Å²) in [5.74, 6) is 0. The van der Waals surface area contributed by atoms with Crippen molar-refractivity contribution in [3.05, 3.63) is 52.8 Å². The summed E-state index contributed by atoms with van der Waals surface area (Å²) in [5, 5.41) is 4.14. The number of hydrogen-bond acceptors (Lipinski definition) is 1. The normalized spacial score (nSPS) is 10.2. The summed E-state index contributed by atoms with van der Waals surface area (Å²) in [7, 11) is 0. The van der Waals surface area contributed by atoms with Gasteiger partial charge >= 0.3 is 0 Å². The van der Waals surface area contributed by atoms with Crippen molar-refractivity contribution in [3.63, 3.8) is 0 Å². The molecule has 1 aromatic heterocycles. The fourth-order valence-corrected chi connectivity index (χ4v) is 1.66. The van der Waals surface area contributed by atoms with E-state index in [-0.39, 0.29) is 0 Å². The van der Waals surface area contributed by atoms with E-state index in [9.17, 15) is 0 Å². The molecule has 66 valence electrons. The van der Waals surface area contributed by atoms with E-state index in [0.29, 0.717) is 0 Å². The highest BCUT2D eigenvalue weighted by Crippen LogP contribution is 2.12. The zero-order valence-corrected chi connectivity index (χ0v) is 8.61. The lowest BCUT2D eigenvalue weighted by Gasteiger charge is -2.01. The van der Waals surface area contributed by atoms with Gasteiger partial charge in [0.15, 0.2) is 0 Å². The Hall–Kier alpha value is -1.09. The molecule has 0 atom stereocenters. The van der Waals surface area contributed by atoms with E-state index < -0.39 is 0 Å². The van der Waals surface area contributed by atoms with Crippen LogP contribution in [0.4, 0.5) is 0 Å². The standard InChI is InChI=1S/C10H9BrN2/c11-10-4-1-3-9(7-10)8-13-6-2-5-12-13/h1-7H,8H2. The van der Waals surface area contributed by atoms with E-state index >= 15 is 0 Å². The Bertz CT molecular complexity index is 382. The Morgan fingerprint density at radius 3 is 2.92 bits per heavy atom. The van der Waals surface area contributed by atoms with Crippen LogP contribution in [0.2, 0.25) is 0 Å². The minimum Gasteiger partial charge on any atom is -0.268 e. The van der Waals surface area contributed by atoms with Crippen LogP contribution in [0.5, 0.6) is 0 Å². The molecule has 0 N–H and O–H groups in total. The number of hydrogen-bond donors (Lipinski definition) is 0. The van der Waals surface area contributed by atoms with Gasteiger partial charge in [0.1, 0.15) is 0 Å². The van der Waals surface area contributed by atoms with Crippen LogP contribution in [0.15, 0.2) is 47.2 Å². The lowest BCUT2D eigenvalue weighted by Crippen LogP contribution is -1.99. The van der Waals surface area contributed by atoms with Crippen LogP contribution in [0, 0.1) is 0 Å². The summed E-state index contributed by atoms with van der Waals surface area (Å²) in [5.41, 5.74) is 1.25. The van der Waals surface area contributed by atoms with Crippen molar-refractivity contribution in [1.29, 1.82) is 0 Å². The number of nitrogens with zero attached hydrogens (tertiary/aromatic N) is 2. The van der Waals surface area contributed by atoms with Gasteiger partial charge in [0.05, 0.1) is 6.54 Å². The van der Waals surface area contributed by atoms with Crippen molar-refractivity contribution in [2.75, 3.05) is 0 Å². The molecule has 0 aliphatic heterocycles. The predicted octanol–water partition coefficient (Wildman–Crippen LogP) is 2.69. The number of benzene rings is 1. The Morgan fingerprint density at radius 2 is 2.23 bits per heavy atom. The van der Waals surface area contributed by atoms with Crippen molar-refractivity contribution >= 4 is 15.9 Å². The molecule has 0 bridgehead atoms. The first-order valence-electron chi connectivity index (χ1n) is 4.06. The molecule has 0 saturated carbocycles. The molecular weight excluding hydrogens is 228 g/mol. The summed E-state index contributed by atoms with van der Waals surface area (Å²) in [4.78, 5) is 0. The third-order valence-corrected chi connectivity index (χ3v) is 2.29. The van der Waals surface area contributed by atoms with Gasteiger partial charge in [-0.1, -0.05) is 28.1 Å². The molecular formula is C10H9BrN2. The maximum absolute atomic E-state index is 4.14. The van der Waals surface area contributed by atoms with Crippen LogP contribution >= 0.6 is 15.9 Å². The molecule has 2 aromatic rings. The Balaban J connectivity index is 2.19. The van der Waals surface area contributed by atoms with Crippen LogP contribution < -0.4 is 0 Å². The van der Waals surface area contributed by atoms with Crippen molar-refractivity contribution in [3.8, 4) is 0 Å². The molecule has 0 radical (unpaired) electrons. The predicted molar refractivity (Wildman–Crippen MR) is 55.5 cm³/mol. The van der Waals surface area contributed by atoms with Gasteiger partial charge in [0, 0.05) is 16.9 Å². The average Bonchev–Trinajstić information content (AvgIpc) is 2.57. The second-order valence-electron chi connectivity index (χ2n) is 2.83. The van der Waals surface area contributed by atoms with Gasteiger partial charge in [0.2, 0.25) is 0 Å². The van der Waals surface area contributed by atoms with Gasteiger partial charge in [-0.05, 0) is 23.8 Å². The summed E-state index contributed by atoms with van der Waals surface area (Å²) < 4.78 is 3.01. The minimum atomic E-state index is 0.826. The highest BCUT2D eigenvalue weighted by Gasteiger charge is 1.94. The fourth-order valence-electron chi connectivity index (χ4n) is 1.22. The average molecular weight is 237 g/mol. The minimum absolute atomic E-state index is 0.826. The highest BCUT2D eigenvalue weighted by atomic mass is 79.9. The van der Waals surface area contributed by atoms with Gasteiger partial charge in [-0.3, -0.25) is 4.68 Å². The largest absolute Gasteiger partial charge is 0.268 e. The van der Waals surface area contributed by atoms with Gasteiger partial charge in [-0.2, -0.15) is 5.10 Å². The monoisotopic (exact) mass is 236 g/mol. The Kier molecular flexibility index (Phi) is 2.45. The molecule has 2 rings (SSSR count). The zero-order valence-electron chi connectivity index (χ0n) is 7.02. The molecule has 0 spiro atoms. The van der Waals surface area contributed by atoms with Crippen molar-refractivity contribution < 1.29 is 0 Å². The van der Waals surface area contributed by atoms with E-state index in [4.69, 9.17) is 0 Å². The van der Waals surface area contributed by atoms with Gasteiger partial charge in [-0.25, -0.2) is 0 Å². The number of halogens is 1. The topological polar surface area (TPSA) is 17.8 Å². The summed E-state index contributed by atoms with van der Waals surface area (Å²) in [6, 6.07) is 10.2. The molecule has 1 aromatic carbocycles. The Labute approximate surface area is 85.3 Å². The zero-order chi connectivity index (χ0) is 9.10. The fraction of sp³-hybridized carbons (Fsp3) is 0.100. The molecule has 0 aliphatic rings. The van der Waals surface area contributed by atoms with Crippen LogP contribution in [0.3, 0.4) is 0 Å². The van der Waals surface area contributed by atoms with E-state index in [2.05, 4.69) is 33.2 Å². The smallest absolute Gasteiger partial charge is 0.0659 e. The third kappa shape index (κ3) is 2.18. The van der Waals surface area contributed by atoms with E-state index in [1.165, 1.54) is 5.56 Å². The van der Waals surface area contributed by atoms with Crippen LogP contribution in [0.1, 0.15) is 5.56 Å². The van der Waals surface area contributed by atoms with Crippen LogP contribution in [0.25, 0.3) is 0 Å². The molecule has 13 heavy (non-hydrogen) atoms. The molecule has 0 fully saturated rings. The second kappa shape index (κ2) is 3.75. The van der Waals surface area contributed by atoms with Crippen molar-refractivity contribution in [2.45, 2.75) is 6.54 Å². The van der Waals surface area contributed by atoms with Gasteiger partial charge in [-0.15, -0.1) is 0 Å². The summed E-state index contributed by atoms with van der Waals surface area (Å²) >= 11 is 3.44. The lowest BCUT2D eigenvalue weighted by atomic mass is 10.2. The lowest BCUT2D eigenvalue weighted by molar-refractivity contribution is 0.686. The van der Waals surface area contributed by atoms with Gasteiger partial charge < -0.3 is 0 Å². The van der Waals surface area contributed by atoms with Gasteiger partial charge in [0.25, 0.3) is 0 Å². The second-order valence-corrected chi connectivity index (χ2v) is 3.75. The molecule has 0 amide bonds. The molecule has 2 nitrogen and oxygen atoms in total. The molecule has 0 saturated heterocycles.